The zero-order valence-corrected chi connectivity index (χ0v) is 18.8. The van der Waals surface area contributed by atoms with Crippen LogP contribution < -0.4 is 14.8 Å². The molecule has 2 aromatic rings. The van der Waals surface area contributed by atoms with Crippen LogP contribution in [0, 0.1) is 5.92 Å². The Morgan fingerprint density at radius 3 is 2.67 bits per heavy atom. The molecule has 2 aliphatic heterocycles. The summed E-state index contributed by atoms with van der Waals surface area (Å²) in [6, 6.07) is 9.98. The van der Waals surface area contributed by atoms with E-state index < -0.39 is 5.60 Å². The lowest BCUT2D eigenvalue weighted by atomic mass is 9.76. The first-order valence-electron chi connectivity index (χ1n) is 10.2. The highest BCUT2D eigenvalue weighted by Gasteiger charge is 2.39. The van der Waals surface area contributed by atoms with E-state index in [0.717, 1.165) is 39.2 Å². The number of fused-ring (bicyclic) bond motifs is 4. The van der Waals surface area contributed by atoms with Crippen LogP contribution >= 0.6 is 15.9 Å². The number of anilines is 1. The van der Waals surface area contributed by atoms with Gasteiger partial charge in [-0.05, 0) is 74.6 Å². The number of carbonyl (C=O) groups is 1. The van der Waals surface area contributed by atoms with Crippen LogP contribution in [-0.2, 0) is 4.74 Å². The van der Waals surface area contributed by atoms with Crippen LogP contribution in [0.2, 0.25) is 0 Å². The first kappa shape index (κ1) is 19.5. The molecule has 0 bridgehead atoms. The first-order chi connectivity index (χ1) is 14.3. The molecular weight excluding hydrogens is 446 g/mol. The second-order valence-corrected chi connectivity index (χ2v) is 9.86. The van der Waals surface area contributed by atoms with Gasteiger partial charge in [0, 0.05) is 16.1 Å². The number of nitrogens with one attached hydrogen (secondary N) is 1. The summed E-state index contributed by atoms with van der Waals surface area (Å²) in [6.45, 7) is 5.91. The third kappa shape index (κ3) is 3.37. The molecule has 0 saturated carbocycles. The quantitative estimate of drug-likeness (QED) is 0.434. The van der Waals surface area contributed by atoms with Gasteiger partial charge in [0.15, 0.2) is 11.5 Å². The lowest BCUT2D eigenvalue weighted by molar-refractivity contribution is 0.00693. The molecule has 0 saturated heterocycles. The summed E-state index contributed by atoms with van der Waals surface area (Å²) in [5.74, 6) is 1.85. The molecule has 6 heteroatoms. The molecule has 0 spiro atoms. The fourth-order valence-corrected chi connectivity index (χ4v) is 5.11. The van der Waals surface area contributed by atoms with Crippen molar-refractivity contribution in [1.29, 1.82) is 0 Å². The normalized spacial score (nSPS) is 23.5. The van der Waals surface area contributed by atoms with Crippen LogP contribution in [0.3, 0.4) is 0 Å². The molecule has 2 aromatic carbocycles. The van der Waals surface area contributed by atoms with Gasteiger partial charge in [-0.25, -0.2) is 4.79 Å². The molecule has 0 aromatic heterocycles. The van der Waals surface area contributed by atoms with Crippen LogP contribution in [-0.4, -0.2) is 18.4 Å². The maximum atomic E-state index is 12.6. The van der Waals surface area contributed by atoms with E-state index in [-0.39, 0.29) is 24.7 Å². The van der Waals surface area contributed by atoms with Gasteiger partial charge in [-0.3, -0.25) is 0 Å². The van der Waals surface area contributed by atoms with Crippen molar-refractivity contribution in [2.75, 3.05) is 12.1 Å². The van der Waals surface area contributed by atoms with Crippen LogP contribution in [0.5, 0.6) is 11.5 Å². The highest BCUT2D eigenvalue weighted by molar-refractivity contribution is 9.10. The Bertz CT molecular complexity index is 1060. The monoisotopic (exact) mass is 469 g/mol. The molecule has 3 unspecified atom stereocenters. The van der Waals surface area contributed by atoms with E-state index in [0.29, 0.717) is 11.5 Å². The van der Waals surface area contributed by atoms with Gasteiger partial charge in [0.25, 0.3) is 0 Å². The van der Waals surface area contributed by atoms with Gasteiger partial charge in [0.2, 0.25) is 6.79 Å². The van der Waals surface area contributed by atoms with Gasteiger partial charge >= 0.3 is 5.97 Å². The summed E-state index contributed by atoms with van der Waals surface area (Å²) in [5.41, 5.74) is 3.42. The molecule has 0 fully saturated rings. The Kier molecular flexibility index (Phi) is 4.58. The summed E-state index contributed by atoms with van der Waals surface area (Å²) < 4.78 is 17.7. The van der Waals surface area contributed by atoms with Gasteiger partial charge in [-0.1, -0.05) is 28.1 Å². The standard InChI is InChI=1S/C24H24BrNO4/c1-24(2,3)30-23(27)13-7-8-19-16(9-13)14-5-4-6-15(14)22(26-19)17-10-20-21(11-18(17)25)29-12-28-20/h4-5,7-11,14-15,22,26H,6,12H2,1-3H3. The smallest absolute Gasteiger partial charge is 0.338 e. The molecular formula is C24H24BrNO4. The zero-order chi connectivity index (χ0) is 21.0. The minimum absolute atomic E-state index is 0.119. The largest absolute Gasteiger partial charge is 0.456 e. The number of ether oxygens (including phenoxy) is 3. The van der Waals surface area contributed by atoms with Crippen LogP contribution in [0.15, 0.2) is 47.0 Å². The maximum absolute atomic E-state index is 12.6. The topological polar surface area (TPSA) is 56.8 Å². The number of benzene rings is 2. The number of allylic oxidation sites excluding steroid dienone is 2. The van der Waals surface area contributed by atoms with Crippen LogP contribution in [0.25, 0.3) is 0 Å². The fraction of sp³-hybridized carbons (Fsp3) is 0.375. The summed E-state index contributed by atoms with van der Waals surface area (Å²) in [7, 11) is 0. The first-order valence-corrected chi connectivity index (χ1v) is 11.0. The van der Waals surface area contributed by atoms with E-state index in [1.54, 1.807) is 0 Å². The highest BCUT2D eigenvalue weighted by atomic mass is 79.9. The predicted octanol–water partition coefficient (Wildman–Crippen LogP) is 5.96. The van der Waals surface area contributed by atoms with Crippen LogP contribution in [0.4, 0.5) is 5.69 Å². The van der Waals surface area contributed by atoms with E-state index in [9.17, 15) is 4.79 Å². The molecule has 3 atom stereocenters. The van der Waals surface area contributed by atoms with Crippen molar-refractivity contribution in [2.24, 2.45) is 5.92 Å². The van der Waals surface area contributed by atoms with E-state index in [1.165, 1.54) is 0 Å². The molecule has 156 valence electrons. The van der Waals surface area contributed by atoms with Gasteiger partial charge in [0.1, 0.15) is 5.60 Å². The van der Waals surface area contributed by atoms with Crippen molar-refractivity contribution < 1.29 is 19.0 Å². The third-order valence-electron chi connectivity index (χ3n) is 5.82. The SMILES string of the molecule is CC(C)(C)OC(=O)c1ccc2c(c1)C1C=CCC1C(c1cc3c(cc1Br)OCO3)N2. The summed E-state index contributed by atoms with van der Waals surface area (Å²) in [4.78, 5) is 12.6. The van der Waals surface area contributed by atoms with Crippen molar-refractivity contribution in [3.8, 4) is 11.5 Å². The van der Waals surface area contributed by atoms with E-state index in [4.69, 9.17) is 14.2 Å². The molecule has 30 heavy (non-hydrogen) atoms. The molecule has 3 aliphatic rings. The number of halogens is 1. The Hall–Kier alpha value is -2.47. The Morgan fingerprint density at radius 2 is 1.90 bits per heavy atom. The molecule has 2 heterocycles. The molecule has 0 radical (unpaired) electrons. The maximum Gasteiger partial charge on any atom is 0.338 e. The Balaban J connectivity index is 1.51. The number of rotatable bonds is 2. The van der Waals surface area contributed by atoms with Gasteiger partial charge in [-0.2, -0.15) is 0 Å². The number of hydrogen-bond acceptors (Lipinski definition) is 5. The molecule has 1 N–H and O–H groups in total. The molecule has 0 amide bonds. The Labute approximate surface area is 184 Å². The average Bonchev–Trinajstić information content (AvgIpc) is 3.34. The van der Waals surface area contributed by atoms with E-state index in [2.05, 4.69) is 39.5 Å². The highest BCUT2D eigenvalue weighted by Crippen LogP contribution is 2.52. The molecule has 5 rings (SSSR count). The summed E-state index contributed by atoms with van der Waals surface area (Å²) in [6.07, 6.45) is 5.47. The number of carbonyl (C=O) groups excluding carboxylic acids is 1. The lowest BCUT2D eigenvalue weighted by Gasteiger charge is -2.38. The minimum atomic E-state index is -0.516. The van der Waals surface area contributed by atoms with Crippen molar-refractivity contribution in [3.63, 3.8) is 0 Å². The van der Waals surface area contributed by atoms with Crippen molar-refractivity contribution in [2.45, 2.75) is 44.8 Å². The van der Waals surface area contributed by atoms with E-state index in [1.807, 2.05) is 45.0 Å². The van der Waals surface area contributed by atoms with Crippen molar-refractivity contribution in [3.05, 3.63) is 63.6 Å². The average molecular weight is 470 g/mol. The van der Waals surface area contributed by atoms with Gasteiger partial charge in [0.05, 0.1) is 11.6 Å². The zero-order valence-electron chi connectivity index (χ0n) is 17.2. The van der Waals surface area contributed by atoms with E-state index >= 15 is 0 Å². The number of esters is 1. The third-order valence-corrected chi connectivity index (χ3v) is 6.51. The second-order valence-electron chi connectivity index (χ2n) is 9.01. The number of hydrogen-bond donors (Lipinski definition) is 1. The summed E-state index contributed by atoms with van der Waals surface area (Å²) >= 11 is 3.72. The predicted molar refractivity (Wildman–Crippen MR) is 118 cm³/mol. The van der Waals surface area contributed by atoms with Gasteiger partial charge in [-0.15, -0.1) is 0 Å². The van der Waals surface area contributed by atoms with Crippen molar-refractivity contribution >= 4 is 27.6 Å². The van der Waals surface area contributed by atoms with Crippen LogP contribution in [0.1, 0.15) is 60.6 Å². The van der Waals surface area contributed by atoms with Gasteiger partial charge < -0.3 is 19.5 Å². The Morgan fingerprint density at radius 1 is 1.13 bits per heavy atom. The van der Waals surface area contributed by atoms with Crippen molar-refractivity contribution in [1.82, 2.24) is 0 Å². The molecule has 5 nitrogen and oxygen atoms in total. The molecule has 1 aliphatic carbocycles. The summed E-state index contributed by atoms with van der Waals surface area (Å²) in [5, 5.41) is 3.71. The fourth-order valence-electron chi connectivity index (χ4n) is 4.54. The minimum Gasteiger partial charge on any atom is -0.456 e. The lowest BCUT2D eigenvalue weighted by Crippen LogP contribution is -2.30. The second kappa shape index (κ2) is 7.05.